The van der Waals surface area contributed by atoms with E-state index in [2.05, 4.69) is 49.7 Å². The highest BCUT2D eigenvalue weighted by Gasteiger charge is 2.18. The van der Waals surface area contributed by atoms with Crippen LogP contribution in [0.1, 0.15) is 61.0 Å². The number of esters is 1. The second-order valence-corrected chi connectivity index (χ2v) is 5.62. The second kappa shape index (κ2) is 5.67. The Morgan fingerprint density at radius 2 is 1.65 bits per heavy atom. The maximum atomic E-state index is 11.7. The zero-order valence-corrected chi connectivity index (χ0v) is 12.6. The molecule has 0 N–H and O–H groups in total. The fourth-order valence-electron chi connectivity index (χ4n) is 1.81. The first-order valence-electron chi connectivity index (χ1n) is 5.80. The van der Waals surface area contributed by atoms with Crippen molar-refractivity contribution in [2.75, 3.05) is 7.11 Å². The zero-order chi connectivity index (χ0) is 13.2. The highest BCUT2D eigenvalue weighted by molar-refractivity contribution is 9.10. The number of ether oxygens (including phenoxy) is 1. The van der Waals surface area contributed by atoms with Gasteiger partial charge in [0.1, 0.15) is 0 Å². The lowest BCUT2D eigenvalue weighted by molar-refractivity contribution is 0.0599. The minimum Gasteiger partial charge on any atom is -0.465 e. The molecule has 0 aromatic heterocycles. The van der Waals surface area contributed by atoms with Gasteiger partial charge in [0.05, 0.1) is 12.7 Å². The maximum Gasteiger partial charge on any atom is 0.338 e. The first kappa shape index (κ1) is 14.2. The van der Waals surface area contributed by atoms with Crippen LogP contribution in [0.25, 0.3) is 0 Å². The molecule has 1 aromatic rings. The minimum absolute atomic E-state index is 0.273. The highest BCUT2D eigenvalue weighted by Crippen LogP contribution is 2.31. The molecule has 0 saturated heterocycles. The molecule has 0 aliphatic heterocycles. The average molecular weight is 299 g/mol. The van der Waals surface area contributed by atoms with Crippen LogP contribution in [0.3, 0.4) is 0 Å². The number of halogens is 1. The molecule has 0 bridgehead atoms. The molecule has 3 heteroatoms. The highest BCUT2D eigenvalue weighted by atomic mass is 79.9. The van der Waals surface area contributed by atoms with Crippen LogP contribution >= 0.6 is 15.9 Å². The van der Waals surface area contributed by atoms with Gasteiger partial charge in [0.25, 0.3) is 0 Å². The van der Waals surface area contributed by atoms with Crippen molar-refractivity contribution >= 4 is 21.9 Å². The summed E-state index contributed by atoms with van der Waals surface area (Å²) >= 11 is 3.52. The number of rotatable bonds is 3. The molecule has 1 aromatic carbocycles. The molecule has 2 nitrogen and oxygen atoms in total. The average Bonchev–Trinajstić information content (AvgIpc) is 2.26. The molecule has 0 aliphatic rings. The lowest BCUT2D eigenvalue weighted by Gasteiger charge is -2.17. The Morgan fingerprint density at radius 1 is 1.12 bits per heavy atom. The fraction of sp³-hybridized carbons (Fsp3) is 0.500. The summed E-state index contributed by atoms with van der Waals surface area (Å²) in [6.45, 7) is 8.45. The summed E-state index contributed by atoms with van der Waals surface area (Å²) in [5.74, 6) is 0.452. The van der Waals surface area contributed by atoms with Crippen molar-refractivity contribution in [1.82, 2.24) is 0 Å². The van der Waals surface area contributed by atoms with Crippen molar-refractivity contribution in [2.45, 2.75) is 39.5 Å². The van der Waals surface area contributed by atoms with Gasteiger partial charge in [-0.2, -0.15) is 0 Å². The van der Waals surface area contributed by atoms with Gasteiger partial charge in [-0.1, -0.05) is 49.7 Å². The molecule has 0 aliphatic carbocycles. The number of methoxy groups -OCH3 is 1. The van der Waals surface area contributed by atoms with Crippen molar-refractivity contribution in [3.63, 3.8) is 0 Å². The Bertz CT molecular complexity index is 422. The molecule has 0 saturated carbocycles. The Morgan fingerprint density at radius 3 is 2.06 bits per heavy atom. The van der Waals surface area contributed by atoms with Crippen LogP contribution in [0.15, 0.2) is 16.6 Å². The number of benzene rings is 1. The molecule has 17 heavy (non-hydrogen) atoms. The van der Waals surface area contributed by atoms with Crippen LogP contribution < -0.4 is 0 Å². The van der Waals surface area contributed by atoms with Crippen molar-refractivity contribution in [3.8, 4) is 0 Å². The van der Waals surface area contributed by atoms with E-state index >= 15 is 0 Å². The van der Waals surface area contributed by atoms with Crippen LogP contribution in [0.2, 0.25) is 0 Å². The molecule has 0 atom stereocenters. The number of hydrogen-bond donors (Lipinski definition) is 0. The molecule has 0 spiro atoms. The smallest absolute Gasteiger partial charge is 0.338 e. The van der Waals surface area contributed by atoms with E-state index in [1.165, 1.54) is 12.7 Å². The third kappa shape index (κ3) is 3.09. The van der Waals surface area contributed by atoms with Gasteiger partial charge in [0, 0.05) is 4.47 Å². The lowest BCUT2D eigenvalue weighted by Crippen LogP contribution is -2.08. The lowest BCUT2D eigenvalue weighted by atomic mass is 9.91. The quantitative estimate of drug-likeness (QED) is 0.769. The normalized spacial score (nSPS) is 11.1. The zero-order valence-electron chi connectivity index (χ0n) is 11.0. The summed E-state index contributed by atoms with van der Waals surface area (Å²) in [5, 5.41) is 0. The van der Waals surface area contributed by atoms with Crippen LogP contribution in [-0.2, 0) is 4.74 Å². The van der Waals surface area contributed by atoms with Gasteiger partial charge < -0.3 is 4.74 Å². The largest absolute Gasteiger partial charge is 0.465 e. The van der Waals surface area contributed by atoms with E-state index in [-0.39, 0.29) is 5.97 Å². The van der Waals surface area contributed by atoms with E-state index in [9.17, 15) is 4.79 Å². The number of carbonyl (C=O) groups is 1. The van der Waals surface area contributed by atoms with Crippen molar-refractivity contribution in [2.24, 2.45) is 0 Å². The van der Waals surface area contributed by atoms with E-state index in [4.69, 9.17) is 4.74 Å². The first-order chi connectivity index (χ1) is 7.88. The van der Waals surface area contributed by atoms with Gasteiger partial charge >= 0.3 is 5.97 Å². The Labute approximate surface area is 111 Å². The summed E-state index contributed by atoms with van der Waals surface area (Å²) in [6, 6.07) is 3.97. The summed E-state index contributed by atoms with van der Waals surface area (Å²) in [5.41, 5.74) is 2.92. The van der Waals surface area contributed by atoms with Crippen molar-refractivity contribution < 1.29 is 9.53 Å². The van der Waals surface area contributed by atoms with Gasteiger partial charge in [0.2, 0.25) is 0 Å². The summed E-state index contributed by atoms with van der Waals surface area (Å²) in [4.78, 5) is 11.7. The first-order valence-corrected chi connectivity index (χ1v) is 6.59. The summed E-state index contributed by atoms with van der Waals surface area (Å²) < 4.78 is 5.79. The monoisotopic (exact) mass is 298 g/mol. The minimum atomic E-state index is -0.273. The Hall–Kier alpha value is -0.830. The summed E-state index contributed by atoms with van der Waals surface area (Å²) in [6.07, 6.45) is 0. The molecule has 0 heterocycles. The van der Waals surface area contributed by atoms with Crippen molar-refractivity contribution in [3.05, 3.63) is 33.3 Å². The second-order valence-electron chi connectivity index (χ2n) is 4.76. The molecular formula is C14H19BrO2. The topological polar surface area (TPSA) is 26.3 Å². The summed E-state index contributed by atoms with van der Waals surface area (Å²) in [7, 11) is 1.41. The van der Waals surface area contributed by atoms with Crippen LogP contribution in [0, 0.1) is 0 Å². The van der Waals surface area contributed by atoms with E-state index in [1.54, 1.807) is 0 Å². The van der Waals surface area contributed by atoms with E-state index in [1.807, 2.05) is 6.07 Å². The van der Waals surface area contributed by atoms with Crippen LogP contribution in [0.5, 0.6) is 0 Å². The molecule has 0 amide bonds. The molecule has 0 fully saturated rings. The van der Waals surface area contributed by atoms with Gasteiger partial charge in [-0.15, -0.1) is 0 Å². The fourth-order valence-corrected chi connectivity index (χ4v) is 2.62. The standard InChI is InChI=1S/C14H19BrO2/c1-8(2)10-6-11(9(3)4)13(15)7-12(10)14(16)17-5/h6-9H,1-5H3. The molecule has 0 unspecified atom stereocenters. The van der Waals surface area contributed by atoms with Crippen LogP contribution in [0.4, 0.5) is 0 Å². The third-order valence-corrected chi connectivity index (χ3v) is 3.50. The Balaban J connectivity index is 3.41. The van der Waals surface area contributed by atoms with Crippen LogP contribution in [-0.4, -0.2) is 13.1 Å². The number of hydrogen-bond acceptors (Lipinski definition) is 2. The predicted octanol–water partition coefficient (Wildman–Crippen LogP) is 4.48. The van der Waals surface area contributed by atoms with Crippen molar-refractivity contribution in [1.29, 1.82) is 0 Å². The molecule has 0 radical (unpaired) electrons. The van der Waals surface area contributed by atoms with Gasteiger partial charge in [-0.25, -0.2) is 4.79 Å². The third-order valence-electron chi connectivity index (χ3n) is 2.82. The van der Waals surface area contributed by atoms with Gasteiger partial charge in [-0.3, -0.25) is 0 Å². The van der Waals surface area contributed by atoms with E-state index < -0.39 is 0 Å². The van der Waals surface area contributed by atoms with E-state index in [0.717, 1.165) is 10.0 Å². The Kier molecular flexibility index (Phi) is 4.75. The molecular weight excluding hydrogens is 280 g/mol. The SMILES string of the molecule is COC(=O)c1cc(Br)c(C(C)C)cc1C(C)C. The van der Waals surface area contributed by atoms with Gasteiger partial charge in [0.15, 0.2) is 0 Å². The number of carbonyl (C=O) groups excluding carboxylic acids is 1. The van der Waals surface area contributed by atoms with Gasteiger partial charge in [-0.05, 0) is 29.0 Å². The van der Waals surface area contributed by atoms with E-state index in [0.29, 0.717) is 17.4 Å². The molecule has 94 valence electrons. The predicted molar refractivity (Wildman–Crippen MR) is 73.7 cm³/mol. The maximum absolute atomic E-state index is 11.7. The molecule has 1 rings (SSSR count).